The van der Waals surface area contributed by atoms with Crippen LogP contribution in [0.15, 0.2) is 0 Å². The Morgan fingerprint density at radius 1 is 0.292 bits per heavy atom. The van der Waals surface area contributed by atoms with Crippen LogP contribution in [0.2, 0.25) is 0 Å². The zero-order chi connectivity index (χ0) is 52.6. The van der Waals surface area contributed by atoms with Crippen molar-refractivity contribution in [3.8, 4) is 0 Å². The van der Waals surface area contributed by atoms with Crippen molar-refractivity contribution in [1.29, 1.82) is 0 Å². The summed E-state index contributed by atoms with van der Waals surface area (Å²) in [7, 11) is 0. The van der Waals surface area contributed by atoms with Gasteiger partial charge in [0.15, 0.2) is 37.7 Å². The highest BCUT2D eigenvalue weighted by Gasteiger charge is 2.59. The van der Waals surface area contributed by atoms with Crippen molar-refractivity contribution in [2.45, 2.75) is 198 Å². The third-order valence-electron chi connectivity index (χ3n) is 13.2. The Morgan fingerprint density at radius 3 is 0.625 bits per heavy atom. The highest BCUT2D eigenvalue weighted by atomic mass is 16.8. The molecule has 0 aromatic heterocycles. The average molecular weight is 1060 g/mol. The minimum absolute atomic E-state index is 0.779. The van der Waals surface area contributed by atoms with Gasteiger partial charge in [0, 0.05) is 13.8 Å². The maximum atomic E-state index is 11.9. The Morgan fingerprint density at radius 2 is 0.458 bits per heavy atom. The summed E-state index contributed by atoms with van der Waals surface area (Å²) >= 11 is 0. The predicted octanol–water partition coefficient (Wildman–Crippen LogP) is -11.9. The highest BCUT2D eigenvalue weighted by molar-refractivity contribution is 5.66. The van der Waals surface area contributed by atoms with Gasteiger partial charge in [0.25, 0.3) is 0 Å². The van der Waals surface area contributed by atoms with Crippen molar-refractivity contribution >= 4 is 11.9 Å². The summed E-state index contributed by atoms with van der Waals surface area (Å²) in [5, 5.41) is 178. The first kappa shape index (κ1) is 57.5. The molecular weight excluding hydrogens is 992 g/mol. The standard InChI is InChI=1S/C40H64O32/c1-9(45)59-7-15-33-22(52)28(58)40(66-15)70-32-14(6-44)64-38(26(56)20(32)50)72-34-16(8-60-10(2)46)65-39(27(57)21(34)51)69-31-13(5-43)62-36(24(54)18(31)48)67-29-11(3-41)61-35(23(53)17(29)47)68-30-12(4-42)63-37(71-33)25(55)19(30)49/h11-44,47-58H,3-8H2,1-2H3/t11-,12-,13-,14-,15-,16-,17-,18-,19-,20-,21-,22-,23-,24-,25-,26-,27-,28-,29-,30-,31-,32-,33-,34-,35?,36?,37?,38?,39?,40?/m1/s1. The summed E-state index contributed by atoms with van der Waals surface area (Å²) in [6.07, 6.45) is -59.7. The van der Waals surface area contributed by atoms with E-state index in [-0.39, 0.29) is 0 Å². The highest BCUT2D eigenvalue weighted by Crippen LogP contribution is 2.38. The normalized spacial score (nSPS) is 51.5. The van der Waals surface area contributed by atoms with Gasteiger partial charge in [-0.2, -0.15) is 0 Å². The van der Waals surface area contributed by atoms with E-state index in [0.717, 1.165) is 13.8 Å². The van der Waals surface area contributed by atoms with Gasteiger partial charge in [0.2, 0.25) is 0 Å². The second kappa shape index (κ2) is 24.4. The lowest BCUT2D eigenvalue weighted by molar-refractivity contribution is -0.404. The van der Waals surface area contributed by atoms with Gasteiger partial charge in [0.05, 0.1) is 26.4 Å². The average Bonchev–Trinajstić information content (AvgIpc) is 3.35. The quantitative estimate of drug-likeness (QED) is 0.100. The molecule has 32 nitrogen and oxygen atoms in total. The number of hydrogen-bond donors (Lipinski definition) is 16. The summed E-state index contributed by atoms with van der Waals surface area (Å²) in [6.45, 7) is -3.67. The topological polar surface area (TPSA) is 487 Å². The largest absolute Gasteiger partial charge is 0.463 e. The van der Waals surface area contributed by atoms with Crippen molar-refractivity contribution in [3.63, 3.8) is 0 Å². The van der Waals surface area contributed by atoms with Crippen LogP contribution in [-0.2, 0) is 75.9 Å². The molecule has 12 bridgehead atoms. The van der Waals surface area contributed by atoms with Gasteiger partial charge in [-0.15, -0.1) is 0 Å². The van der Waals surface area contributed by atoms with Crippen LogP contribution >= 0.6 is 0 Å². The number of esters is 2. The van der Waals surface area contributed by atoms with Crippen molar-refractivity contribution in [2.24, 2.45) is 0 Å². The molecule has 0 radical (unpaired) electrons. The third-order valence-corrected chi connectivity index (χ3v) is 13.2. The fourth-order valence-electron chi connectivity index (χ4n) is 9.30. The maximum Gasteiger partial charge on any atom is 0.302 e. The maximum absolute atomic E-state index is 11.9. The summed E-state index contributed by atoms with van der Waals surface area (Å²) in [6, 6.07) is 0. The van der Waals surface area contributed by atoms with Crippen molar-refractivity contribution in [2.75, 3.05) is 39.6 Å². The van der Waals surface area contributed by atoms with Crippen LogP contribution in [0.1, 0.15) is 13.8 Å². The Hall–Kier alpha value is -2.18. The van der Waals surface area contributed by atoms with E-state index in [1.165, 1.54) is 0 Å². The van der Waals surface area contributed by atoms with E-state index in [2.05, 4.69) is 0 Å². The Balaban J connectivity index is 1.22. The molecule has 0 aromatic carbocycles. The van der Waals surface area contributed by atoms with E-state index in [4.69, 9.17) is 66.3 Å². The molecule has 22 rings (SSSR count). The molecule has 0 spiro atoms. The minimum atomic E-state index is -2.21. The molecule has 30 atom stereocenters. The number of hydrogen-bond acceptors (Lipinski definition) is 32. The summed E-state index contributed by atoms with van der Waals surface area (Å²) < 4.78 is 79.1. The monoisotopic (exact) mass is 1060 g/mol. The second-order valence-corrected chi connectivity index (χ2v) is 18.1. The molecule has 16 N–H and O–H groups in total. The van der Waals surface area contributed by atoms with E-state index in [0.29, 0.717) is 0 Å². The van der Waals surface area contributed by atoms with Crippen LogP contribution in [0.3, 0.4) is 0 Å². The van der Waals surface area contributed by atoms with Crippen LogP contribution < -0.4 is 0 Å². The van der Waals surface area contributed by atoms with Crippen molar-refractivity contribution in [3.05, 3.63) is 0 Å². The van der Waals surface area contributed by atoms with Crippen LogP contribution in [0, 0.1) is 0 Å². The number of carbonyl (C=O) groups is 2. The first-order valence-electron chi connectivity index (χ1n) is 22.9. The molecule has 32 heteroatoms. The second-order valence-electron chi connectivity index (χ2n) is 18.1. The zero-order valence-electron chi connectivity index (χ0n) is 38.3. The fraction of sp³-hybridized carbons (Fsp3) is 0.950. The molecule has 416 valence electrons. The van der Waals surface area contributed by atoms with Crippen molar-refractivity contribution < 1.29 is 158 Å². The number of aliphatic hydroxyl groups excluding tert-OH is 16. The lowest BCUT2D eigenvalue weighted by Gasteiger charge is -2.50. The molecule has 0 saturated carbocycles. The summed E-state index contributed by atoms with van der Waals surface area (Å²) in [5.41, 5.74) is 0. The Labute approximate surface area is 407 Å². The van der Waals surface area contributed by atoms with Gasteiger partial charge in [0.1, 0.15) is 160 Å². The summed E-state index contributed by atoms with van der Waals surface area (Å²) in [4.78, 5) is 23.9. The van der Waals surface area contributed by atoms with E-state index in [9.17, 15) is 91.3 Å². The minimum Gasteiger partial charge on any atom is -0.463 e. The van der Waals surface area contributed by atoms with E-state index in [1.54, 1.807) is 0 Å². The van der Waals surface area contributed by atoms with Crippen molar-refractivity contribution in [1.82, 2.24) is 0 Å². The number of aliphatic hydroxyl groups is 16. The lowest BCUT2D eigenvalue weighted by atomic mass is 9.94. The smallest absolute Gasteiger partial charge is 0.302 e. The first-order chi connectivity index (χ1) is 34.1. The molecule has 0 aromatic rings. The SMILES string of the molecule is CC(=O)OC[C@H]1OC2O[C@H]3[C@H](O)[C@@H](O)C(O[C@H]4[C@H](O)[C@@H](O)C(O[C@H]5[C@H](O)[C@@H](O)C(O[C@H]6[C@H](O)[C@@H](O)C(O[C@H]7[C@H](O)[C@@H](O)C(O[C@H]1[C@H](O)[C@H]2O)O[C@@H]7CO)O[C@@H]6COC(C)=O)O[C@@H]5CO)O[C@@H]4CO)O[C@@H]3CO. The fourth-order valence-corrected chi connectivity index (χ4v) is 9.30. The Kier molecular flexibility index (Phi) is 19.5. The van der Waals surface area contributed by atoms with Gasteiger partial charge in [-0.05, 0) is 0 Å². The molecule has 0 aliphatic carbocycles. The van der Waals surface area contributed by atoms with Gasteiger partial charge < -0.3 is 148 Å². The number of ether oxygens (including phenoxy) is 14. The van der Waals surface area contributed by atoms with Crippen LogP contribution in [-0.4, -0.2) is 318 Å². The molecule has 22 aliphatic heterocycles. The molecule has 6 unspecified atom stereocenters. The van der Waals surface area contributed by atoms with Crippen LogP contribution in [0.5, 0.6) is 0 Å². The summed E-state index contributed by atoms with van der Waals surface area (Å²) in [5.74, 6) is -1.78. The molecule has 72 heavy (non-hydrogen) atoms. The van der Waals surface area contributed by atoms with Crippen LogP contribution in [0.4, 0.5) is 0 Å². The molecule has 22 aliphatic rings. The predicted molar refractivity (Wildman–Crippen MR) is 215 cm³/mol. The van der Waals surface area contributed by atoms with E-state index in [1.807, 2.05) is 0 Å². The van der Waals surface area contributed by atoms with Gasteiger partial charge in [-0.25, -0.2) is 0 Å². The molecule has 0 amide bonds. The van der Waals surface area contributed by atoms with E-state index >= 15 is 0 Å². The molecule has 22 heterocycles. The number of rotatable bonds is 8. The Bertz CT molecular complexity index is 1730. The third kappa shape index (κ3) is 11.9. The lowest BCUT2D eigenvalue weighted by Crippen LogP contribution is -2.69. The molecular formula is C40H64O32. The van der Waals surface area contributed by atoms with Gasteiger partial charge in [-0.3, -0.25) is 9.59 Å². The van der Waals surface area contributed by atoms with E-state index < -0.39 is 236 Å². The zero-order valence-corrected chi connectivity index (χ0v) is 38.3. The first-order valence-corrected chi connectivity index (χ1v) is 22.9. The van der Waals surface area contributed by atoms with Crippen LogP contribution in [0.25, 0.3) is 0 Å². The number of carbonyl (C=O) groups excluding carboxylic acids is 2. The van der Waals surface area contributed by atoms with Gasteiger partial charge in [-0.1, -0.05) is 0 Å². The molecule has 22 fully saturated rings. The molecule has 22 saturated heterocycles. The van der Waals surface area contributed by atoms with Gasteiger partial charge >= 0.3 is 11.9 Å².